The molecule has 168 valence electrons. The van der Waals surface area contributed by atoms with Crippen LogP contribution in [0.3, 0.4) is 0 Å². The minimum absolute atomic E-state index is 0.0358. The van der Waals surface area contributed by atoms with Gasteiger partial charge in [-0.2, -0.15) is 0 Å². The monoisotopic (exact) mass is 463 g/mol. The van der Waals surface area contributed by atoms with Gasteiger partial charge in [-0.05, 0) is 61.4 Å². The summed E-state index contributed by atoms with van der Waals surface area (Å²) in [5.41, 5.74) is 3.03. The number of phenols is 1. The van der Waals surface area contributed by atoms with E-state index >= 15 is 0 Å². The first-order valence-corrected chi connectivity index (χ1v) is 10.6. The number of aliphatic hydroxyl groups excluding tert-OH is 1. The van der Waals surface area contributed by atoms with Gasteiger partial charge in [0.15, 0.2) is 0 Å². The predicted molar refractivity (Wildman–Crippen MR) is 127 cm³/mol. The van der Waals surface area contributed by atoms with E-state index in [1.165, 1.54) is 30.2 Å². The van der Waals surface area contributed by atoms with E-state index in [4.69, 9.17) is 16.3 Å². The summed E-state index contributed by atoms with van der Waals surface area (Å²) >= 11 is 6.30. The van der Waals surface area contributed by atoms with Crippen LogP contribution in [0.4, 0.5) is 5.69 Å². The Morgan fingerprint density at radius 1 is 1.00 bits per heavy atom. The number of amides is 1. The van der Waals surface area contributed by atoms with Crippen LogP contribution in [0.5, 0.6) is 11.5 Å². The molecule has 7 heteroatoms. The van der Waals surface area contributed by atoms with Gasteiger partial charge in [-0.25, -0.2) is 0 Å². The number of aromatic hydroxyl groups is 1. The number of aliphatic hydroxyl groups is 1. The van der Waals surface area contributed by atoms with Crippen LogP contribution in [0.1, 0.15) is 28.3 Å². The number of aryl methyl sites for hydroxylation is 2. The average molecular weight is 464 g/mol. The van der Waals surface area contributed by atoms with E-state index in [9.17, 15) is 19.8 Å². The Balaban J connectivity index is 1.97. The third-order valence-corrected chi connectivity index (χ3v) is 6.01. The van der Waals surface area contributed by atoms with E-state index < -0.39 is 17.7 Å². The number of nitrogens with zero attached hydrogens (tertiary/aromatic N) is 1. The maximum absolute atomic E-state index is 13.2. The third kappa shape index (κ3) is 3.94. The highest BCUT2D eigenvalue weighted by molar-refractivity contribution is 6.51. The van der Waals surface area contributed by atoms with Crippen LogP contribution in [0.25, 0.3) is 5.76 Å². The van der Waals surface area contributed by atoms with Gasteiger partial charge in [0, 0.05) is 11.3 Å². The van der Waals surface area contributed by atoms with Crippen molar-refractivity contribution in [3.8, 4) is 11.5 Å². The Morgan fingerprint density at radius 2 is 1.70 bits per heavy atom. The second kappa shape index (κ2) is 8.64. The fraction of sp³-hybridized carbons (Fsp3) is 0.154. The fourth-order valence-corrected chi connectivity index (χ4v) is 4.26. The normalized spacial score (nSPS) is 17.5. The van der Waals surface area contributed by atoms with Crippen LogP contribution in [-0.2, 0) is 9.59 Å². The number of anilines is 1. The highest BCUT2D eigenvalue weighted by Crippen LogP contribution is 2.44. The highest BCUT2D eigenvalue weighted by Gasteiger charge is 2.47. The summed E-state index contributed by atoms with van der Waals surface area (Å²) in [5.74, 6) is -1.39. The molecule has 1 unspecified atom stereocenters. The van der Waals surface area contributed by atoms with Crippen LogP contribution in [-0.4, -0.2) is 29.0 Å². The molecule has 0 bridgehead atoms. The van der Waals surface area contributed by atoms with Gasteiger partial charge < -0.3 is 14.9 Å². The second-order valence-electron chi connectivity index (χ2n) is 7.90. The first-order valence-electron chi connectivity index (χ1n) is 10.2. The molecular weight excluding hydrogens is 442 g/mol. The lowest BCUT2D eigenvalue weighted by Crippen LogP contribution is -2.29. The van der Waals surface area contributed by atoms with Crippen molar-refractivity contribution in [1.29, 1.82) is 0 Å². The van der Waals surface area contributed by atoms with Crippen molar-refractivity contribution < 1.29 is 24.5 Å². The molecule has 1 amide bonds. The molecule has 0 aliphatic carbocycles. The zero-order chi connectivity index (χ0) is 23.9. The zero-order valence-electron chi connectivity index (χ0n) is 18.3. The molecule has 1 atom stereocenters. The zero-order valence-corrected chi connectivity index (χ0v) is 19.1. The van der Waals surface area contributed by atoms with Gasteiger partial charge in [-0.3, -0.25) is 14.5 Å². The molecule has 3 aromatic rings. The topological polar surface area (TPSA) is 87.1 Å². The van der Waals surface area contributed by atoms with Gasteiger partial charge in [-0.1, -0.05) is 41.4 Å². The molecule has 0 spiro atoms. The molecule has 0 saturated carbocycles. The molecular formula is C26H22ClNO5. The lowest BCUT2D eigenvalue weighted by Gasteiger charge is -2.26. The predicted octanol–water partition coefficient (Wildman–Crippen LogP) is 5.30. The van der Waals surface area contributed by atoms with Crippen molar-refractivity contribution in [3.63, 3.8) is 0 Å². The van der Waals surface area contributed by atoms with Crippen molar-refractivity contribution in [1.82, 2.24) is 0 Å². The van der Waals surface area contributed by atoms with Gasteiger partial charge in [0.05, 0.1) is 23.7 Å². The Bertz CT molecular complexity index is 1300. The number of carbonyl (C=O) groups excluding carboxylic acids is 2. The van der Waals surface area contributed by atoms with Gasteiger partial charge in [0.2, 0.25) is 0 Å². The Morgan fingerprint density at radius 3 is 2.33 bits per heavy atom. The maximum Gasteiger partial charge on any atom is 0.300 e. The van der Waals surface area contributed by atoms with Gasteiger partial charge in [0.25, 0.3) is 11.7 Å². The van der Waals surface area contributed by atoms with Gasteiger partial charge in [-0.15, -0.1) is 0 Å². The number of methoxy groups -OCH3 is 1. The van der Waals surface area contributed by atoms with E-state index in [2.05, 4.69) is 0 Å². The van der Waals surface area contributed by atoms with Gasteiger partial charge >= 0.3 is 0 Å². The summed E-state index contributed by atoms with van der Waals surface area (Å²) in [6.07, 6.45) is 0. The van der Waals surface area contributed by atoms with Crippen LogP contribution < -0.4 is 9.64 Å². The molecule has 33 heavy (non-hydrogen) atoms. The van der Waals surface area contributed by atoms with E-state index in [1.54, 1.807) is 30.3 Å². The van der Waals surface area contributed by atoms with E-state index in [0.717, 1.165) is 11.1 Å². The molecule has 3 aromatic carbocycles. The molecule has 1 aliphatic heterocycles. The quantitative estimate of drug-likeness (QED) is 0.311. The number of hydrogen-bond acceptors (Lipinski definition) is 5. The summed E-state index contributed by atoms with van der Waals surface area (Å²) in [6, 6.07) is 15.5. The van der Waals surface area contributed by atoms with Crippen LogP contribution in [0.15, 0.2) is 66.2 Å². The second-order valence-corrected chi connectivity index (χ2v) is 8.31. The number of ketones is 1. The Kier molecular flexibility index (Phi) is 5.87. The van der Waals surface area contributed by atoms with E-state index in [-0.39, 0.29) is 22.1 Å². The number of carbonyl (C=O) groups is 2. The first kappa shape index (κ1) is 22.4. The lowest BCUT2D eigenvalue weighted by molar-refractivity contribution is -0.132. The van der Waals surface area contributed by atoms with Crippen molar-refractivity contribution >= 4 is 34.7 Å². The molecule has 2 N–H and O–H groups in total. The van der Waals surface area contributed by atoms with Crippen molar-refractivity contribution in [2.45, 2.75) is 19.9 Å². The first-order chi connectivity index (χ1) is 15.7. The van der Waals surface area contributed by atoms with Crippen molar-refractivity contribution in [3.05, 3.63) is 93.5 Å². The summed E-state index contributed by atoms with van der Waals surface area (Å²) < 4.78 is 5.20. The number of ether oxygens (including phenoxy) is 1. The molecule has 1 saturated heterocycles. The number of rotatable bonds is 4. The summed E-state index contributed by atoms with van der Waals surface area (Å²) in [7, 11) is 1.48. The molecule has 6 nitrogen and oxygen atoms in total. The number of phenolic OH excluding ortho intramolecular Hbond substituents is 1. The van der Waals surface area contributed by atoms with E-state index in [0.29, 0.717) is 22.6 Å². The van der Waals surface area contributed by atoms with Crippen molar-refractivity contribution in [2.24, 2.45) is 0 Å². The summed E-state index contributed by atoms with van der Waals surface area (Å²) in [4.78, 5) is 27.8. The molecule has 1 aliphatic rings. The van der Waals surface area contributed by atoms with Crippen LogP contribution in [0.2, 0.25) is 5.02 Å². The molecule has 1 fully saturated rings. The average Bonchev–Trinajstić information content (AvgIpc) is 3.06. The minimum Gasteiger partial charge on any atom is -0.508 e. The SMILES string of the molecule is COc1ccc(N2C(=O)C(=O)/C(=C(/O)c3cc(C)ccc3C)C2c2ccc(O)cc2)cc1Cl. The van der Waals surface area contributed by atoms with E-state index in [1.807, 2.05) is 26.0 Å². The summed E-state index contributed by atoms with van der Waals surface area (Å²) in [6.45, 7) is 3.70. The number of benzene rings is 3. The standard InChI is InChI=1S/C26H22ClNO5/c1-14-4-5-15(2)19(12-14)24(30)22-23(16-6-9-18(29)10-7-16)28(26(32)25(22)31)17-8-11-21(33-3)20(27)13-17/h4-13,23,29-30H,1-3H3/b24-22+. The largest absolute Gasteiger partial charge is 0.508 e. The maximum atomic E-state index is 13.2. The molecule has 4 rings (SSSR count). The minimum atomic E-state index is -0.921. The number of halogens is 1. The lowest BCUT2D eigenvalue weighted by atomic mass is 9.93. The smallest absolute Gasteiger partial charge is 0.300 e. The molecule has 1 heterocycles. The van der Waals surface area contributed by atoms with Crippen LogP contribution >= 0.6 is 11.6 Å². The fourth-order valence-electron chi connectivity index (χ4n) is 4.01. The number of hydrogen-bond donors (Lipinski definition) is 2. The van der Waals surface area contributed by atoms with Crippen LogP contribution in [0, 0.1) is 13.8 Å². The Hall–Kier alpha value is -3.77. The third-order valence-electron chi connectivity index (χ3n) is 5.71. The molecule has 0 radical (unpaired) electrons. The highest BCUT2D eigenvalue weighted by atomic mass is 35.5. The number of Topliss-reactive ketones (excluding diaryl/α,β-unsaturated/α-hetero) is 1. The summed E-state index contributed by atoms with van der Waals surface area (Å²) in [5, 5.41) is 21.3. The Labute approximate surface area is 196 Å². The van der Waals surface area contributed by atoms with Crippen molar-refractivity contribution in [2.75, 3.05) is 12.0 Å². The molecule has 0 aromatic heterocycles. The van der Waals surface area contributed by atoms with Gasteiger partial charge in [0.1, 0.15) is 17.3 Å².